The van der Waals surface area contributed by atoms with Crippen LogP contribution in [-0.4, -0.2) is 33.9 Å². The van der Waals surface area contributed by atoms with Gasteiger partial charge in [-0.05, 0) is 60.6 Å². The van der Waals surface area contributed by atoms with Gasteiger partial charge in [-0.1, -0.05) is 32.0 Å². The van der Waals surface area contributed by atoms with Gasteiger partial charge in [0, 0.05) is 0 Å². The first kappa shape index (κ1) is 17.1. The number of para-hydroxylation sites is 1. The van der Waals surface area contributed by atoms with E-state index in [2.05, 4.69) is 29.4 Å². The average Bonchev–Trinajstić information content (AvgIpc) is 3.04. The van der Waals surface area contributed by atoms with E-state index < -0.39 is 15.1 Å². The van der Waals surface area contributed by atoms with Crippen LogP contribution in [0.5, 0.6) is 0 Å². The maximum atomic E-state index is 13.1. The minimum atomic E-state index is -3.33. The third kappa shape index (κ3) is 3.22. The van der Waals surface area contributed by atoms with E-state index in [4.69, 9.17) is 0 Å². The number of hydrogen-bond acceptors (Lipinski definition) is 5. The highest BCUT2D eigenvalue weighted by atomic mass is 32.2. The maximum absolute atomic E-state index is 13.1. The molecule has 0 aliphatic heterocycles. The number of hydrogen-bond donors (Lipinski definition) is 0. The molecular formula is C17H24N4O2S. The first-order valence-electron chi connectivity index (χ1n) is 8.38. The fraction of sp³-hybridized carbons (Fsp3) is 0.588. The second-order valence-corrected chi connectivity index (χ2v) is 9.93. The third-order valence-corrected chi connectivity index (χ3v) is 7.70. The summed E-state index contributed by atoms with van der Waals surface area (Å²) < 4.78 is 27.7. The Morgan fingerprint density at radius 3 is 2.42 bits per heavy atom. The minimum absolute atomic E-state index is 0.237. The number of nitrogens with zero attached hydrogens (tertiary/aromatic N) is 4. The van der Waals surface area contributed by atoms with Gasteiger partial charge in [0.1, 0.15) is 5.25 Å². The van der Waals surface area contributed by atoms with Crippen molar-refractivity contribution in [2.75, 3.05) is 0 Å². The Balaban J connectivity index is 1.87. The van der Waals surface area contributed by atoms with Gasteiger partial charge >= 0.3 is 0 Å². The molecule has 1 atom stereocenters. The van der Waals surface area contributed by atoms with Crippen molar-refractivity contribution in [3.63, 3.8) is 0 Å². The Kier molecular flexibility index (Phi) is 4.46. The molecule has 0 radical (unpaired) electrons. The molecule has 1 aliphatic rings. The molecule has 1 unspecified atom stereocenters. The molecule has 2 aromatic rings. The number of sulfone groups is 1. The van der Waals surface area contributed by atoms with Crippen molar-refractivity contribution in [1.82, 2.24) is 20.2 Å². The Morgan fingerprint density at radius 1 is 1.17 bits per heavy atom. The molecule has 1 aromatic heterocycles. The van der Waals surface area contributed by atoms with Crippen LogP contribution in [0.25, 0.3) is 5.69 Å². The predicted octanol–water partition coefficient (Wildman–Crippen LogP) is 3.11. The van der Waals surface area contributed by atoms with Gasteiger partial charge in [0.15, 0.2) is 15.7 Å². The van der Waals surface area contributed by atoms with Crippen molar-refractivity contribution >= 4 is 9.84 Å². The van der Waals surface area contributed by atoms with Crippen LogP contribution in [0.2, 0.25) is 0 Å². The molecule has 7 heteroatoms. The SMILES string of the molecule is CC(c1nnnn1-c1ccccc1)S(=O)(=O)C1CCC(C)(C)CC1. The fourth-order valence-corrected chi connectivity index (χ4v) is 5.25. The van der Waals surface area contributed by atoms with Crippen LogP contribution in [0.1, 0.15) is 57.5 Å². The van der Waals surface area contributed by atoms with Gasteiger partial charge in [-0.3, -0.25) is 0 Å². The molecule has 0 bridgehead atoms. The molecular weight excluding hydrogens is 324 g/mol. The summed E-state index contributed by atoms with van der Waals surface area (Å²) in [5, 5.41) is 10.7. The van der Waals surface area contributed by atoms with Crippen molar-refractivity contribution in [1.29, 1.82) is 0 Å². The van der Waals surface area contributed by atoms with Crippen LogP contribution in [0.3, 0.4) is 0 Å². The molecule has 130 valence electrons. The van der Waals surface area contributed by atoms with Crippen LogP contribution < -0.4 is 0 Å². The lowest BCUT2D eigenvalue weighted by Crippen LogP contribution is -2.33. The maximum Gasteiger partial charge on any atom is 0.174 e. The largest absolute Gasteiger partial charge is 0.228 e. The molecule has 1 saturated carbocycles. The van der Waals surface area contributed by atoms with Crippen molar-refractivity contribution < 1.29 is 8.42 Å². The average molecular weight is 348 g/mol. The van der Waals surface area contributed by atoms with Crippen molar-refractivity contribution in [2.24, 2.45) is 5.41 Å². The van der Waals surface area contributed by atoms with Crippen LogP contribution in [-0.2, 0) is 9.84 Å². The van der Waals surface area contributed by atoms with Gasteiger partial charge in [-0.2, -0.15) is 4.68 Å². The van der Waals surface area contributed by atoms with Gasteiger partial charge in [0.05, 0.1) is 10.9 Å². The Labute approximate surface area is 143 Å². The normalized spacial score (nSPS) is 20.0. The zero-order valence-corrected chi connectivity index (χ0v) is 15.2. The lowest BCUT2D eigenvalue weighted by atomic mass is 9.77. The van der Waals surface area contributed by atoms with Crippen LogP contribution >= 0.6 is 0 Å². The summed E-state index contributed by atoms with van der Waals surface area (Å²) in [7, 11) is -3.33. The van der Waals surface area contributed by atoms with Gasteiger partial charge in [0.25, 0.3) is 0 Å². The summed E-state index contributed by atoms with van der Waals surface area (Å²) in [4.78, 5) is 0. The first-order valence-corrected chi connectivity index (χ1v) is 9.99. The highest BCUT2D eigenvalue weighted by Gasteiger charge is 2.39. The Hall–Kier alpha value is -1.76. The number of benzene rings is 1. The quantitative estimate of drug-likeness (QED) is 0.848. The summed E-state index contributed by atoms with van der Waals surface area (Å²) in [6.07, 6.45) is 3.31. The smallest absolute Gasteiger partial charge is 0.174 e. The lowest BCUT2D eigenvalue weighted by Gasteiger charge is -2.34. The molecule has 0 saturated heterocycles. The summed E-state index contributed by atoms with van der Waals surface area (Å²) in [5.74, 6) is 0.381. The molecule has 1 aromatic carbocycles. The summed E-state index contributed by atoms with van der Waals surface area (Å²) >= 11 is 0. The number of rotatable bonds is 4. The molecule has 0 spiro atoms. The van der Waals surface area contributed by atoms with E-state index in [0.29, 0.717) is 18.7 Å². The van der Waals surface area contributed by atoms with E-state index in [0.717, 1.165) is 18.5 Å². The summed E-state index contributed by atoms with van der Waals surface area (Å²) in [5.41, 5.74) is 1.00. The van der Waals surface area contributed by atoms with E-state index in [9.17, 15) is 8.42 Å². The zero-order valence-electron chi connectivity index (χ0n) is 14.4. The van der Waals surface area contributed by atoms with Gasteiger partial charge in [-0.25, -0.2) is 8.42 Å². The van der Waals surface area contributed by atoms with Gasteiger partial charge in [-0.15, -0.1) is 5.10 Å². The first-order chi connectivity index (χ1) is 11.3. The van der Waals surface area contributed by atoms with E-state index in [1.165, 1.54) is 4.68 Å². The van der Waals surface area contributed by atoms with Crippen LogP contribution in [0.15, 0.2) is 30.3 Å². The van der Waals surface area contributed by atoms with E-state index in [-0.39, 0.29) is 10.7 Å². The molecule has 0 N–H and O–H groups in total. The summed E-state index contributed by atoms with van der Waals surface area (Å²) in [6, 6.07) is 9.38. The highest BCUT2D eigenvalue weighted by Crippen LogP contribution is 2.40. The second-order valence-electron chi connectivity index (χ2n) is 7.38. The van der Waals surface area contributed by atoms with E-state index in [1.54, 1.807) is 6.92 Å². The summed E-state index contributed by atoms with van der Waals surface area (Å²) in [6.45, 7) is 6.10. The van der Waals surface area contributed by atoms with Crippen molar-refractivity contribution in [3.05, 3.63) is 36.2 Å². The molecule has 1 aliphatic carbocycles. The predicted molar refractivity (Wildman–Crippen MR) is 92.5 cm³/mol. The molecule has 24 heavy (non-hydrogen) atoms. The van der Waals surface area contributed by atoms with Crippen molar-refractivity contribution in [3.8, 4) is 5.69 Å². The van der Waals surface area contributed by atoms with Crippen LogP contribution in [0, 0.1) is 5.41 Å². The fourth-order valence-electron chi connectivity index (χ4n) is 3.34. The molecule has 0 amide bonds. The van der Waals surface area contributed by atoms with Gasteiger partial charge in [0.2, 0.25) is 0 Å². The Bertz CT molecular complexity index is 789. The zero-order chi connectivity index (χ0) is 17.4. The standard InChI is InChI=1S/C17H24N4O2S/c1-13(24(22,23)15-9-11-17(2,3)12-10-15)16-18-19-20-21(16)14-7-5-4-6-8-14/h4-8,13,15H,9-12H2,1-3H3. The van der Waals surface area contributed by atoms with E-state index >= 15 is 0 Å². The second kappa shape index (κ2) is 6.27. The van der Waals surface area contributed by atoms with Gasteiger partial charge < -0.3 is 0 Å². The monoisotopic (exact) mass is 348 g/mol. The third-order valence-electron chi connectivity index (χ3n) is 5.10. The molecule has 3 rings (SSSR count). The Morgan fingerprint density at radius 2 is 1.79 bits per heavy atom. The molecule has 1 heterocycles. The molecule has 6 nitrogen and oxygen atoms in total. The lowest BCUT2D eigenvalue weighted by molar-refractivity contribution is 0.245. The number of tetrazole rings is 1. The number of aromatic nitrogens is 4. The van der Waals surface area contributed by atoms with E-state index in [1.807, 2.05) is 30.3 Å². The highest BCUT2D eigenvalue weighted by molar-refractivity contribution is 7.92. The van der Waals surface area contributed by atoms with Crippen LogP contribution in [0.4, 0.5) is 0 Å². The topological polar surface area (TPSA) is 77.7 Å². The van der Waals surface area contributed by atoms with Crippen molar-refractivity contribution in [2.45, 2.75) is 57.0 Å². The molecule has 1 fully saturated rings. The minimum Gasteiger partial charge on any atom is -0.228 e.